The lowest BCUT2D eigenvalue weighted by atomic mass is 10.0. The summed E-state index contributed by atoms with van der Waals surface area (Å²) in [5.74, 6) is 1.00. The number of benzene rings is 2. The number of piperidine rings is 1. The van der Waals surface area contributed by atoms with Crippen molar-refractivity contribution < 1.29 is 24.3 Å². The summed E-state index contributed by atoms with van der Waals surface area (Å²) >= 11 is 0. The zero-order valence-electron chi connectivity index (χ0n) is 17.8. The SMILES string of the molecule is COc1ccc(C(=O)N/N=C(\C)c2ccc(O)c(C[NH+]3CCCCC3)c2)cc1OC. The first-order valence-electron chi connectivity index (χ1n) is 10.2. The van der Waals surface area contributed by atoms with Gasteiger partial charge in [0.05, 0.1) is 33.0 Å². The van der Waals surface area contributed by atoms with Gasteiger partial charge in [0.1, 0.15) is 12.3 Å². The minimum Gasteiger partial charge on any atom is -0.507 e. The molecule has 1 fully saturated rings. The molecule has 160 valence electrons. The summed E-state index contributed by atoms with van der Waals surface area (Å²) in [6, 6.07) is 10.4. The van der Waals surface area contributed by atoms with Gasteiger partial charge < -0.3 is 19.5 Å². The number of phenols is 1. The van der Waals surface area contributed by atoms with Crippen molar-refractivity contribution in [3.05, 3.63) is 53.1 Å². The van der Waals surface area contributed by atoms with Crippen LogP contribution in [-0.4, -0.2) is 44.0 Å². The van der Waals surface area contributed by atoms with Crippen LogP contribution >= 0.6 is 0 Å². The fourth-order valence-electron chi connectivity index (χ4n) is 3.69. The van der Waals surface area contributed by atoms with Crippen LogP contribution in [0.25, 0.3) is 0 Å². The highest BCUT2D eigenvalue weighted by atomic mass is 16.5. The van der Waals surface area contributed by atoms with Crippen LogP contribution in [0.3, 0.4) is 0 Å². The Hall–Kier alpha value is -3.06. The Morgan fingerprint density at radius 2 is 1.73 bits per heavy atom. The maximum absolute atomic E-state index is 12.5. The van der Waals surface area contributed by atoms with Crippen molar-refractivity contribution in [2.24, 2.45) is 5.10 Å². The van der Waals surface area contributed by atoms with Gasteiger partial charge in [-0.3, -0.25) is 4.79 Å². The molecule has 0 unspecified atom stereocenters. The van der Waals surface area contributed by atoms with Gasteiger partial charge >= 0.3 is 0 Å². The Morgan fingerprint density at radius 1 is 1.03 bits per heavy atom. The summed E-state index contributed by atoms with van der Waals surface area (Å²) in [4.78, 5) is 14.0. The molecule has 0 aromatic heterocycles. The van der Waals surface area contributed by atoms with Crippen molar-refractivity contribution >= 4 is 11.6 Å². The third-order valence-corrected chi connectivity index (χ3v) is 5.47. The van der Waals surface area contributed by atoms with Gasteiger partial charge in [-0.1, -0.05) is 0 Å². The second-order valence-corrected chi connectivity index (χ2v) is 7.54. The summed E-state index contributed by atoms with van der Waals surface area (Å²) in [6.45, 7) is 4.90. The number of carbonyl (C=O) groups excluding carboxylic acids is 1. The first-order valence-corrected chi connectivity index (χ1v) is 10.2. The average molecular weight is 413 g/mol. The number of nitrogens with zero attached hydrogens (tertiary/aromatic N) is 1. The molecule has 0 atom stereocenters. The second-order valence-electron chi connectivity index (χ2n) is 7.54. The standard InChI is InChI=1S/C23H29N3O4/c1-16(24-25-23(28)18-8-10-21(29-2)22(14-18)30-3)17-7-9-20(27)19(13-17)15-26-11-5-4-6-12-26/h7-10,13-14,27H,4-6,11-12,15H2,1-3H3,(H,25,28)/p+1/b24-16+. The third kappa shape index (κ3) is 5.30. The molecule has 1 saturated heterocycles. The van der Waals surface area contributed by atoms with Crippen LogP contribution in [0.5, 0.6) is 17.2 Å². The highest BCUT2D eigenvalue weighted by Crippen LogP contribution is 2.27. The van der Waals surface area contributed by atoms with Gasteiger partial charge in [-0.15, -0.1) is 0 Å². The van der Waals surface area contributed by atoms with Crippen LogP contribution in [0.1, 0.15) is 47.7 Å². The van der Waals surface area contributed by atoms with Crippen LogP contribution in [0.2, 0.25) is 0 Å². The van der Waals surface area contributed by atoms with Gasteiger partial charge in [0, 0.05) is 11.1 Å². The maximum Gasteiger partial charge on any atom is 0.271 e. The number of ether oxygens (including phenoxy) is 2. The molecule has 0 aliphatic carbocycles. The minimum absolute atomic E-state index is 0.305. The predicted octanol–water partition coefficient (Wildman–Crippen LogP) is 2.13. The quantitative estimate of drug-likeness (QED) is 0.481. The number of nitrogens with one attached hydrogen (secondary N) is 2. The van der Waals surface area contributed by atoms with Gasteiger partial charge in [-0.25, -0.2) is 5.43 Å². The number of likely N-dealkylation sites (tertiary alicyclic amines) is 1. The lowest BCUT2D eigenvalue weighted by Gasteiger charge is -2.24. The van der Waals surface area contributed by atoms with Crippen LogP contribution in [-0.2, 0) is 6.54 Å². The summed E-state index contributed by atoms with van der Waals surface area (Å²) in [5.41, 5.74) is 5.45. The van der Waals surface area contributed by atoms with Crippen molar-refractivity contribution in [2.45, 2.75) is 32.7 Å². The molecule has 2 aromatic rings. The number of quaternary nitrogens is 1. The Kier molecular flexibility index (Phi) is 7.30. The van der Waals surface area contributed by atoms with Crippen LogP contribution in [0.4, 0.5) is 0 Å². The van der Waals surface area contributed by atoms with E-state index in [4.69, 9.17) is 9.47 Å². The van der Waals surface area contributed by atoms with E-state index >= 15 is 0 Å². The second kappa shape index (κ2) is 10.1. The van der Waals surface area contributed by atoms with Gasteiger partial charge in [0.2, 0.25) is 0 Å². The molecule has 7 heteroatoms. The van der Waals surface area contributed by atoms with Crippen molar-refractivity contribution in [1.82, 2.24) is 5.43 Å². The zero-order chi connectivity index (χ0) is 21.5. The average Bonchev–Trinajstić information content (AvgIpc) is 2.78. The van der Waals surface area contributed by atoms with Gasteiger partial charge in [-0.2, -0.15) is 5.10 Å². The van der Waals surface area contributed by atoms with Crippen molar-refractivity contribution in [3.8, 4) is 17.2 Å². The van der Waals surface area contributed by atoms with Crippen molar-refractivity contribution in [2.75, 3.05) is 27.3 Å². The van der Waals surface area contributed by atoms with Gasteiger partial charge in [0.15, 0.2) is 11.5 Å². The molecule has 0 radical (unpaired) electrons. The molecule has 2 aromatic carbocycles. The van der Waals surface area contributed by atoms with Gasteiger partial charge in [0.25, 0.3) is 5.91 Å². The molecule has 1 aliphatic rings. The number of carbonyl (C=O) groups is 1. The molecule has 1 aliphatic heterocycles. The summed E-state index contributed by atoms with van der Waals surface area (Å²) in [6.07, 6.45) is 3.76. The Labute approximate surface area is 177 Å². The van der Waals surface area contributed by atoms with Gasteiger partial charge in [-0.05, 0) is 68.1 Å². The number of amides is 1. The summed E-state index contributed by atoms with van der Waals surface area (Å²) in [7, 11) is 3.07. The van der Waals surface area contributed by atoms with E-state index in [1.807, 2.05) is 19.1 Å². The number of aromatic hydroxyl groups is 1. The molecular weight excluding hydrogens is 382 g/mol. The predicted molar refractivity (Wildman–Crippen MR) is 116 cm³/mol. The number of hydrogen-bond acceptors (Lipinski definition) is 5. The molecule has 7 nitrogen and oxygen atoms in total. The minimum atomic E-state index is -0.341. The third-order valence-electron chi connectivity index (χ3n) is 5.47. The first kappa shape index (κ1) is 21.6. The Morgan fingerprint density at radius 3 is 2.43 bits per heavy atom. The summed E-state index contributed by atoms with van der Waals surface area (Å²) in [5, 5.41) is 14.5. The number of rotatable bonds is 7. The zero-order valence-corrected chi connectivity index (χ0v) is 17.8. The normalized spacial score (nSPS) is 15.0. The molecule has 1 amide bonds. The Bertz CT molecular complexity index is 921. The molecule has 3 N–H and O–H groups in total. The van der Waals surface area contributed by atoms with Crippen LogP contribution in [0, 0.1) is 0 Å². The highest BCUT2D eigenvalue weighted by molar-refractivity contribution is 6.01. The van der Waals surface area contributed by atoms with Crippen LogP contribution in [0.15, 0.2) is 41.5 Å². The van der Waals surface area contributed by atoms with Crippen molar-refractivity contribution in [3.63, 3.8) is 0 Å². The molecule has 0 bridgehead atoms. The summed E-state index contributed by atoms with van der Waals surface area (Å²) < 4.78 is 10.4. The number of methoxy groups -OCH3 is 2. The largest absolute Gasteiger partial charge is 0.507 e. The van der Waals surface area contributed by atoms with E-state index in [0.29, 0.717) is 28.5 Å². The fraction of sp³-hybridized carbons (Fsp3) is 0.391. The topological polar surface area (TPSA) is 84.6 Å². The lowest BCUT2D eigenvalue weighted by Crippen LogP contribution is -3.11. The van der Waals surface area contributed by atoms with E-state index in [-0.39, 0.29) is 5.91 Å². The van der Waals surface area contributed by atoms with E-state index in [2.05, 4.69) is 10.5 Å². The van der Waals surface area contributed by atoms with E-state index in [0.717, 1.165) is 30.8 Å². The monoisotopic (exact) mass is 412 g/mol. The maximum atomic E-state index is 12.5. The molecule has 0 saturated carbocycles. The lowest BCUT2D eigenvalue weighted by molar-refractivity contribution is -0.918. The van der Waals surface area contributed by atoms with E-state index in [1.165, 1.54) is 31.3 Å². The molecule has 3 rings (SSSR count). The number of hydrogen-bond donors (Lipinski definition) is 3. The van der Waals surface area contributed by atoms with E-state index in [9.17, 15) is 9.90 Å². The van der Waals surface area contributed by atoms with E-state index < -0.39 is 0 Å². The Balaban J connectivity index is 1.70. The highest BCUT2D eigenvalue weighted by Gasteiger charge is 2.17. The molecule has 1 heterocycles. The smallest absolute Gasteiger partial charge is 0.271 e. The van der Waals surface area contributed by atoms with Crippen molar-refractivity contribution in [1.29, 1.82) is 0 Å². The van der Waals surface area contributed by atoms with Crippen LogP contribution < -0.4 is 19.8 Å². The molecular formula is C23H30N3O4+. The molecule has 30 heavy (non-hydrogen) atoms. The fourth-order valence-corrected chi connectivity index (χ4v) is 3.69. The number of phenolic OH excluding ortho intramolecular Hbond substituents is 1. The first-order chi connectivity index (χ1) is 14.5. The van der Waals surface area contributed by atoms with E-state index in [1.54, 1.807) is 31.4 Å². The molecule has 0 spiro atoms. The number of hydrazone groups is 1.